The fourth-order valence-electron chi connectivity index (χ4n) is 3.12. The second kappa shape index (κ2) is 5.61. The van der Waals surface area contributed by atoms with Gasteiger partial charge < -0.3 is 14.8 Å². The summed E-state index contributed by atoms with van der Waals surface area (Å²) in [5.74, 6) is 0. The topological polar surface area (TPSA) is 48.3 Å². The second-order valence-electron chi connectivity index (χ2n) is 5.66. The number of nitrogens with zero attached hydrogens (tertiary/aromatic N) is 2. The van der Waals surface area contributed by atoms with Gasteiger partial charge in [-0.15, -0.1) is 0 Å². The number of aromatic nitrogens is 2. The molecule has 0 bridgehead atoms. The van der Waals surface area contributed by atoms with Crippen LogP contribution in [0.25, 0.3) is 0 Å². The van der Waals surface area contributed by atoms with E-state index in [9.17, 15) is 0 Å². The molecule has 2 aliphatic heterocycles. The molecule has 1 N–H and O–H groups in total. The van der Waals surface area contributed by atoms with E-state index >= 15 is 0 Å². The molecular formula is C14H23N3O2. The number of aryl methyl sites for hydroxylation is 1. The van der Waals surface area contributed by atoms with Crippen molar-refractivity contribution < 1.29 is 9.47 Å². The van der Waals surface area contributed by atoms with E-state index in [-0.39, 0.29) is 5.60 Å². The Morgan fingerprint density at radius 1 is 1.42 bits per heavy atom. The average molecular weight is 265 g/mol. The van der Waals surface area contributed by atoms with E-state index in [1.165, 1.54) is 5.69 Å². The molecule has 0 aliphatic carbocycles. The molecule has 106 valence electrons. The van der Waals surface area contributed by atoms with Gasteiger partial charge in [-0.1, -0.05) is 0 Å². The first-order valence-corrected chi connectivity index (χ1v) is 7.19. The minimum Gasteiger partial charge on any atom is -0.381 e. The molecule has 2 aliphatic rings. The lowest BCUT2D eigenvalue weighted by molar-refractivity contribution is -0.140. The zero-order valence-electron chi connectivity index (χ0n) is 11.6. The Kier molecular flexibility index (Phi) is 3.86. The SMILES string of the molecule is Cn1nccc1CNC1CCOC2(CCOCC2)C1. The molecule has 19 heavy (non-hydrogen) atoms. The molecule has 5 heteroatoms. The third-order valence-electron chi connectivity index (χ3n) is 4.39. The van der Waals surface area contributed by atoms with Crippen LogP contribution in [0.2, 0.25) is 0 Å². The van der Waals surface area contributed by atoms with Crippen molar-refractivity contribution in [2.24, 2.45) is 7.05 Å². The van der Waals surface area contributed by atoms with Gasteiger partial charge in [0.15, 0.2) is 0 Å². The number of hydrogen-bond donors (Lipinski definition) is 1. The van der Waals surface area contributed by atoms with E-state index in [2.05, 4.69) is 16.5 Å². The quantitative estimate of drug-likeness (QED) is 0.893. The van der Waals surface area contributed by atoms with Crippen molar-refractivity contribution in [1.82, 2.24) is 15.1 Å². The molecule has 1 unspecified atom stereocenters. The van der Waals surface area contributed by atoms with Gasteiger partial charge in [0.1, 0.15) is 0 Å². The molecule has 1 spiro atoms. The zero-order chi connectivity index (χ0) is 13.1. The average Bonchev–Trinajstić information content (AvgIpc) is 2.83. The number of ether oxygens (including phenoxy) is 2. The van der Waals surface area contributed by atoms with Crippen LogP contribution < -0.4 is 5.32 Å². The van der Waals surface area contributed by atoms with Crippen molar-refractivity contribution in [3.8, 4) is 0 Å². The van der Waals surface area contributed by atoms with Gasteiger partial charge in [0.25, 0.3) is 0 Å². The van der Waals surface area contributed by atoms with Crippen LogP contribution in [0.15, 0.2) is 12.3 Å². The zero-order valence-corrected chi connectivity index (χ0v) is 11.6. The predicted octanol–water partition coefficient (Wildman–Crippen LogP) is 1.24. The Labute approximate surface area is 114 Å². The number of rotatable bonds is 3. The summed E-state index contributed by atoms with van der Waals surface area (Å²) in [5, 5.41) is 7.85. The van der Waals surface area contributed by atoms with Crippen molar-refractivity contribution in [1.29, 1.82) is 0 Å². The highest BCUT2D eigenvalue weighted by molar-refractivity contribution is 5.00. The van der Waals surface area contributed by atoms with Crippen molar-refractivity contribution in [3.05, 3.63) is 18.0 Å². The van der Waals surface area contributed by atoms with Crippen molar-refractivity contribution in [2.45, 2.75) is 43.9 Å². The molecule has 1 aromatic heterocycles. The summed E-state index contributed by atoms with van der Waals surface area (Å²) in [7, 11) is 1.99. The van der Waals surface area contributed by atoms with Crippen LogP contribution >= 0.6 is 0 Å². The van der Waals surface area contributed by atoms with Crippen LogP contribution in [0, 0.1) is 0 Å². The van der Waals surface area contributed by atoms with Crippen molar-refractivity contribution in [3.63, 3.8) is 0 Å². The predicted molar refractivity (Wildman–Crippen MR) is 71.8 cm³/mol. The van der Waals surface area contributed by atoms with Gasteiger partial charge in [-0.2, -0.15) is 5.10 Å². The maximum Gasteiger partial charge on any atom is 0.0741 e. The summed E-state index contributed by atoms with van der Waals surface area (Å²) >= 11 is 0. The Hall–Kier alpha value is -0.910. The lowest BCUT2D eigenvalue weighted by Crippen LogP contribution is -2.49. The summed E-state index contributed by atoms with van der Waals surface area (Å²) in [6.07, 6.45) is 6.13. The Balaban J connectivity index is 1.55. The first-order chi connectivity index (χ1) is 9.27. The van der Waals surface area contributed by atoms with Gasteiger partial charge in [-0.05, 0) is 31.7 Å². The van der Waals surface area contributed by atoms with Crippen molar-refractivity contribution in [2.75, 3.05) is 19.8 Å². The third-order valence-corrected chi connectivity index (χ3v) is 4.39. The highest BCUT2D eigenvalue weighted by atomic mass is 16.5. The normalized spacial score (nSPS) is 26.7. The maximum atomic E-state index is 6.06. The monoisotopic (exact) mass is 265 g/mol. The summed E-state index contributed by atoms with van der Waals surface area (Å²) in [6, 6.07) is 2.61. The Bertz CT molecular complexity index is 407. The smallest absolute Gasteiger partial charge is 0.0741 e. The van der Waals surface area contributed by atoms with Crippen LogP contribution in [0.3, 0.4) is 0 Å². The molecule has 1 atom stereocenters. The van der Waals surface area contributed by atoms with E-state index in [0.29, 0.717) is 6.04 Å². The van der Waals surface area contributed by atoms with E-state index in [4.69, 9.17) is 9.47 Å². The van der Waals surface area contributed by atoms with Crippen LogP contribution in [0.1, 0.15) is 31.4 Å². The first kappa shape index (κ1) is 13.1. The molecular weight excluding hydrogens is 242 g/mol. The molecule has 5 nitrogen and oxygen atoms in total. The highest BCUT2D eigenvalue weighted by Gasteiger charge is 2.38. The van der Waals surface area contributed by atoms with Crippen LogP contribution in [-0.4, -0.2) is 41.2 Å². The standard InChI is InChI=1S/C14H23N3O2/c1-17-13(2-6-16-17)11-15-12-3-7-19-14(10-12)4-8-18-9-5-14/h2,6,12,15H,3-5,7-11H2,1H3. The first-order valence-electron chi connectivity index (χ1n) is 7.19. The fraction of sp³-hybridized carbons (Fsp3) is 0.786. The van der Waals surface area contributed by atoms with Gasteiger partial charge in [0.05, 0.1) is 11.3 Å². The lowest BCUT2D eigenvalue weighted by atomic mass is 9.84. The molecule has 2 saturated heterocycles. The van der Waals surface area contributed by atoms with E-state index in [1.54, 1.807) is 0 Å². The van der Waals surface area contributed by atoms with Crippen LogP contribution in [-0.2, 0) is 23.1 Å². The fourth-order valence-corrected chi connectivity index (χ4v) is 3.12. The minimum absolute atomic E-state index is 0.0701. The largest absolute Gasteiger partial charge is 0.381 e. The summed E-state index contributed by atoms with van der Waals surface area (Å²) in [5.41, 5.74) is 1.30. The molecule has 0 aromatic carbocycles. The molecule has 3 rings (SSSR count). The maximum absolute atomic E-state index is 6.06. The van der Waals surface area contributed by atoms with Crippen LogP contribution in [0.4, 0.5) is 0 Å². The van der Waals surface area contributed by atoms with Gasteiger partial charge in [-0.3, -0.25) is 4.68 Å². The molecule has 2 fully saturated rings. The number of hydrogen-bond acceptors (Lipinski definition) is 4. The summed E-state index contributed by atoms with van der Waals surface area (Å²) in [6.45, 7) is 3.43. The second-order valence-corrected chi connectivity index (χ2v) is 5.66. The highest BCUT2D eigenvalue weighted by Crippen LogP contribution is 2.34. The molecule has 0 radical (unpaired) electrons. The van der Waals surface area contributed by atoms with Gasteiger partial charge >= 0.3 is 0 Å². The summed E-state index contributed by atoms with van der Waals surface area (Å²) < 4.78 is 13.4. The van der Waals surface area contributed by atoms with Crippen LogP contribution in [0.5, 0.6) is 0 Å². The van der Waals surface area contributed by atoms with Crippen molar-refractivity contribution >= 4 is 0 Å². The van der Waals surface area contributed by atoms with Gasteiger partial charge in [0.2, 0.25) is 0 Å². The van der Waals surface area contributed by atoms with E-state index < -0.39 is 0 Å². The third kappa shape index (κ3) is 2.99. The number of nitrogens with one attached hydrogen (secondary N) is 1. The minimum atomic E-state index is 0.0701. The lowest BCUT2D eigenvalue weighted by Gasteiger charge is -2.43. The van der Waals surface area contributed by atoms with Gasteiger partial charge in [0, 0.05) is 45.7 Å². The van der Waals surface area contributed by atoms with E-state index in [0.717, 1.165) is 52.0 Å². The Morgan fingerprint density at radius 2 is 2.26 bits per heavy atom. The molecule has 0 amide bonds. The van der Waals surface area contributed by atoms with E-state index in [1.807, 2.05) is 17.9 Å². The Morgan fingerprint density at radius 3 is 3.00 bits per heavy atom. The van der Waals surface area contributed by atoms with Gasteiger partial charge in [-0.25, -0.2) is 0 Å². The molecule has 1 aromatic rings. The summed E-state index contributed by atoms with van der Waals surface area (Å²) in [4.78, 5) is 0. The molecule has 3 heterocycles. The molecule has 0 saturated carbocycles.